The number of para-hydroxylation sites is 2. The van der Waals surface area contributed by atoms with Crippen LogP contribution in [0.2, 0.25) is 0 Å². The molecule has 0 saturated carbocycles. The zero-order chi connectivity index (χ0) is 18.4. The van der Waals surface area contributed by atoms with Gasteiger partial charge in [0.15, 0.2) is 11.5 Å². The van der Waals surface area contributed by atoms with Crippen molar-refractivity contribution in [1.29, 1.82) is 0 Å². The van der Waals surface area contributed by atoms with Gasteiger partial charge in [0, 0.05) is 4.47 Å². The monoisotopic (exact) mass is 417 g/mol. The van der Waals surface area contributed by atoms with Crippen molar-refractivity contribution in [3.63, 3.8) is 0 Å². The van der Waals surface area contributed by atoms with Gasteiger partial charge in [0.1, 0.15) is 6.61 Å². The van der Waals surface area contributed by atoms with E-state index in [-0.39, 0.29) is 13.2 Å². The molecule has 0 unspecified atom stereocenters. The second-order valence-corrected chi connectivity index (χ2v) is 6.34. The van der Waals surface area contributed by atoms with Crippen LogP contribution in [0.3, 0.4) is 0 Å². The molecule has 2 amide bonds. The summed E-state index contributed by atoms with van der Waals surface area (Å²) in [4.78, 5) is 23.9. The maximum atomic E-state index is 12.1. The van der Waals surface area contributed by atoms with Crippen molar-refractivity contribution in [3.8, 4) is 11.5 Å². The molecule has 1 atom stereocenters. The van der Waals surface area contributed by atoms with Crippen LogP contribution >= 0.6 is 15.9 Å². The molecule has 0 aliphatic carbocycles. The van der Waals surface area contributed by atoms with Crippen LogP contribution in [0, 0.1) is 0 Å². The fourth-order valence-electron chi connectivity index (χ4n) is 2.20. The highest BCUT2D eigenvalue weighted by atomic mass is 79.9. The number of fused-ring (bicyclic) bond motifs is 1. The van der Waals surface area contributed by atoms with E-state index in [0.717, 1.165) is 10.0 Å². The van der Waals surface area contributed by atoms with E-state index in [0.29, 0.717) is 11.5 Å². The molecule has 0 radical (unpaired) electrons. The van der Waals surface area contributed by atoms with E-state index in [2.05, 4.69) is 31.8 Å². The van der Waals surface area contributed by atoms with Crippen LogP contribution in [0.1, 0.15) is 5.56 Å². The Hall–Kier alpha value is -2.87. The van der Waals surface area contributed by atoms with E-state index in [4.69, 9.17) is 9.47 Å². The molecular formula is C18H16BrN3O4. The van der Waals surface area contributed by atoms with Crippen LogP contribution < -0.4 is 20.2 Å². The van der Waals surface area contributed by atoms with E-state index in [1.807, 2.05) is 30.3 Å². The zero-order valence-corrected chi connectivity index (χ0v) is 15.2. The van der Waals surface area contributed by atoms with Gasteiger partial charge in [-0.1, -0.05) is 40.2 Å². The molecule has 8 heteroatoms. The van der Waals surface area contributed by atoms with Crippen molar-refractivity contribution in [1.82, 2.24) is 10.7 Å². The number of hydrogen-bond acceptors (Lipinski definition) is 5. The van der Waals surface area contributed by atoms with Gasteiger partial charge in [-0.25, -0.2) is 5.43 Å². The lowest BCUT2D eigenvalue weighted by Gasteiger charge is -2.25. The summed E-state index contributed by atoms with van der Waals surface area (Å²) < 4.78 is 12.0. The van der Waals surface area contributed by atoms with Crippen LogP contribution in [-0.2, 0) is 9.59 Å². The Morgan fingerprint density at radius 3 is 2.65 bits per heavy atom. The average molecular weight is 418 g/mol. The highest BCUT2D eigenvalue weighted by Gasteiger charge is 2.27. The Morgan fingerprint density at radius 2 is 1.88 bits per heavy atom. The van der Waals surface area contributed by atoms with Gasteiger partial charge >= 0.3 is 0 Å². The third-order valence-corrected chi connectivity index (χ3v) is 4.03. The van der Waals surface area contributed by atoms with E-state index in [1.165, 1.54) is 6.21 Å². The topological polar surface area (TPSA) is 89.0 Å². The van der Waals surface area contributed by atoms with E-state index in [1.54, 1.807) is 18.2 Å². The molecule has 7 nitrogen and oxygen atoms in total. The Morgan fingerprint density at radius 1 is 1.15 bits per heavy atom. The molecule has 26 heavy (non-hydrogen) atoms. The number of amides is 2. The van der Waals surface area contributed by atoms with Crippen LogP contribution in [0.4, 0.5) is 0 Å². The lowest BCUT2D eigenvalue weighted by Crippen LogP contribution is -2.46. The molecule has 0 spiro atoms. The van der Waals surface area contributed by atoms with Gasteiger partial charge in [-0.05, 0) is 29.8 Å². The quantitative estimate of drug-likeness (QED) is 0.573. The van der Waals surface area contributed by atoms with Crippen molar-refractivity contribution in [2.24, 2.45) is 5.10 Å². The summed E-state index contributed by atoms with van der Waals surface area (Å²) >= 11 is 3.34. The Labute approximate surface area is 158 Å². The lowest BCUT2D eigenvalue weighted by atomic mass is 10.2. The Kier molecular flexibility index (Phi) is 5.85. The van der Waals surface area contributed by atoms with Gasteiger partial charge in [-0.2, -0.15) is 5.10 Å². The number of halogens is 1. The molecule has 1 aliphatic heterocycles. The molecule has 0 aromatic heterocycles. The maximum Gasteiger partial charge on any atom is 0.265 e. The third-order valence-electron chi connectivity index (χ3n) is 3.50. The minimum absolute atomic E-state index is 0.0895. The summed E-state index contributed by atoms with van der Waals surface area (Å²) in [5, 5.41) is 6.35. The number of hydrazone groups is 1. The Bertz CT molecular complexity index is 823. The molecule has 0 saturated heterocycles. The number of carbonyl (C=O) groups excluding carboxylic acids is 2. The van der Waals surface area contributed by atoms with Crippen LogP contribution in [0.25, 0.3) is 0 Å². The number of carbonyl (C=O) groups is 2. The smallest absolute Gasteiger partial charge is 0.265 e. The fourth-order valence-corrected chi connectivity index (χ4v) is 2.46. The summed E-state index contributed by atoms with van der Waals surface area (Å²) in [7, 11) is 0. The van der Waals surface area contributed by atoms with Crippen molar-refractivity contribution < 1.29 is 19.1 Å². The van der Waals surface area contributed by atoms with Crippen LogP contribution in [0.5, 0.6) is 11.5 Å². The summed E-state index contributed by atoms with van der Waals surface area (Å²) in [5.74, 6) is 0.231. The van der Waals surface area contributed by atoms with Crippen molar-refractivity contribution in [2.75, 3.05) is 13.2 Å². The molecule has 3 rings (SSSR count). The van der Waals surface area contributed by atoms with Crippen molar-refractivity contribution in [2.45, 2.75) is 6.10 Å². The number of ether oxygens (including phenoxy) is 2. The van der Waals surface area contributed by atoms with Gasteiger partial charge in [0.05, 0.1) is 12.8 Å². The number of nitrogens with one attached hydrogen (secondary N) is 2. The standard InChI is InChI=1S/C18H16BrN3O4/c19-13-7-5-12(6-8-13)9-21-22-17(23)10-20-18(24)16-11-25-14-3-1-2-4-15(14)26-16/h1-9,16H,10-11H2,(H,20,24)(H,22,23)/b21-9+/t16-/m0/s1. The van der Waals surface area contributed by atoms with Crippen molar-refractivity contribution >= 4 is 34.0 Å². The number of hydrogen-bond donors (Lipinski definition) is 2. The minimum Gasteiger partial charge on any atom is -0.485 e. The molecule has 2 N–H and O–H groups in total. The first-order valence-electron chi connectivity index (χ1n) is 7.85. The highest BCUT2D eigenvalue weighted by Crippen LogP contribution is 2.30. The maximum absolute atomic E-state index is 12.1. The number of rotatable bonds is 5. The predicted octanol–water partition coefficient (Wildman–Crippen LogP) is 1.86. The van der Waals surface area contributed by atoms with Gasteiger partial charge in [-0.15, -0.1) is 0 Å². The Balaban J connectivity index is 1.43. The molecule has 0 fully saturated rings. The second-order valence-electron chi connectivity index (χ2n) is 5.43. The molecule has 1 aliphatic rings. The average Bonchev–Trinajstić information content (AvgIpc) is 2.67. The van der Waals surface area contributed by atoms with E-state index in [9.17, 15) is 9.59 Å². The van der Waals surface area contributed by atoms with E-state index >= 15 is 0 Å². The zero-order valence-electron chi connectivity index (χ0n) is 13.6. The molecule has 2 aromatic carbocycles. The molecule has 2 aromatic rings. The number of benzene rings is 2. The normalized spacial score (nSPS) is 15.5. The highest BCUT2D eigenvalue weighted by molar-refractivity contribution is 9.10. The number of nitrogens with zero attached hydrogens (tertiary/aromatic N) is 1. The lowest BCUT2D eigenvalue weighted by molar-refractivity contribution is -0.132. The SMILES string of the molecule is O=C(CNC(=O)[C@@H]1COc2ccccc2O1)N/N=C/c1ccc(Br)cc1. The van der Waals surface area contributed by atoms with Crippen LogP contribution in [-0.4, -0.2) is 37.3 Å². The van der Waals surface area contributed by atoms with Gasteiger partial charge in [-0.3, -0.25) is 9.59 Å². The first-order chi connectivity index (χ1) is 12.6. The van der Waals surface area contributed by atoms with Gasteiger partial charge < -0.3 is 14.8 Å². The van der Waals surface area contributed by atoms with Crippen molar-refractivity contribution in [3.05, 3.63) is 58.6 Å². The molecule has 0 bridgehead atoms. The molecule has 1 heterocycles. The summed E-state index contributed by atoms with van der Waals surface area (Å²) in [5.41, 5.74) is 3.19. The third kappa shape index (κ3) is 4.82. The van der Waals surface area contributed by atoms with Gasteiger partial charge in [0.2, 0.25) is 6.10 Å². The van der Waals surface area contributed by atoms with Gasteiger partial charge in [0.25, 0.3) is 11.8 Å². The minimum atomic E-state index is -0.802. The summed E-state index contributed by atoms with van der Waals surface area (Å²) in [6.45, 7) is -0.121. The second kappa shape index (κ2) is 8.48. The first-order valence-corrected chi connectivity index (χ1v) is 8.65. The van der Waals surface area contributed by atoms with Crippen LogP contribution in [0.15, 0.2) is 58.1 Å². The van der Waals surface area contributed by atoms with E-state index < -0.39 is 17.9 Å². The first kappa shape index (κ1) is 17.9. The molecule has 134 valence electrons. The fraction of sp³-hybridized carbons (Fsp3) is 0.167. The largest absolute Gasteiger partial charge is 0.485 e. The summed E-state index contributed by atoms with van der Waals surface area (Å²) in [6, 6.07) is 14.5. The summed E-state index contributed by atoms with van der Waals surface area (Å²) in [6.07, 6.45) is 0.713. The molecular weight excluding hydrogens is 402 g/mol. The predicted molar refractivity (Wildman–Crippen MR) is 99.2 cm³/mol.